The van der Waals surface area contributed by atoms with E-state index in [2.05, 4.69) is 0 Å². The maximum Gasteiger partial charge on any atom is 0.416 e. The third kappa shape index (κ3) is 2.99. The second-order valence-corrected chi connectivity index (χ2v) is 5.69. The normalized spacial score (nSPS) is 16.8. The summed E-state index contributed by atoms with van der Waals surface area (Å²) in [6, 6.07) is 5.28. The zero-order valence-electron chi connectivity index (χ0n) is 9.63. The Morgan fingerprint density at radius 1 is 1.22 bits per heavy atom. The Hall–Kier alpha value is -1.15. The van der Waals surface area contributed by atoms with E-state index >= 15 is 0 Å². The van der Waals surface area contributed by atoms with Crippen LogP contribution in [0.2, 0.25) is 0 Å². The highest BCUT2D eigenvalue weighted by atomic mass is 32.2. The third-order valence-electron chi connectivity index (χ3n) is 3.02. The molecule has 0 atom stereocenters. The predicted molar refractivity (Wildman–Crippen MR) is 64.3 cm³/mol. The Morgan fingerprint density at radius 2 is 1.89 bits per heavy atom. The smallest absolute Gasteiger partial charge is 0.192 e. The third-order valence-corrected chi connectivity index (χ3v) is 4.44. The number of halogens is 3. The van der Waals surface area contributed by atoms with Crippen molar-refractivity contribution in [2.45, 2.75) is 42.0 Å². The van der Waals surface area contributed by atoms with Gasteiger partial charge in [-0.25, -0.2) is 0 Å². The van der Waals surface area contributed by atoms with Gasteiger partial charge in [-0.15, -0.1) is 11.8 Å². The van der Waals surface area contributed by atoms with Gasteiger partial charge in [-0.2, -0.15) is 18.4 Å². The van der Waals surface area contributed by atoms with Crippen LogP contribution in [0.3, 0.4) is 0 Å². The van der Waals surface area contributed by atoms with Crippen molar-refractivity contribution < 1.29 is 13.2 Å². The van der Waals surface area contributed by atoms with Crippen LogP contribution in [0, 0.1) is 11.3 Å². The van der Waals surface area contributed by atoms with Gasteiger partial charge in [0.25, 0.3) is 0 Å². The number of hydrogen-bond acceptors (Lipinski definition) is 2. The zero-order valence-corrected chi connectivity index (χ0v) is 10.4. The van der Waals surface area contributed by atoms with Crippen molar-refractivity contribution in [2.24, 2.45) is 0 Å². The zero-order chi connectivity index (χ0) is 13.2. The first-order valence-corrected chi connectivity index (χ1v) is 6.66. The van der Waals surface area contributed by atoms with Gasteiger partial charge < -0.3 is 0 Å². The van der Waals surface area contributed by atoms with Crippen LogP contribution in [-0.2, 0) is 6.18 Å². The number of nitriles is 1. The average Bonchev–Trinajstić information content (AvgIpc) is 2.81. The van der Waals surface area contributed by atoms with Gasteiger partial charge in [-0.05, 0) is 31.0 Å². The number of rotatable bonds is 2. The molecule has 1 nitrogen and oxygen atoms in total. The van der Waals surface area contributed by atoms with Crippen molar-refractivity contribution in [3.63, 3.8) is 0 Å². The maximum absolute atomic E-state index is 12.5. The summed E-state index contributed by atoms with van der Waals surface area (Å²) >= 11 is 1.53. The molecule has 1 aliphatic carbocycles. The lowest BCUT2D eigenvalue weighted by atomic mass is 10.1. The van der Waals surface area contributed by atoms with Crippen molar-refractivity contribution >= 4 is 11.8 Å². The molecule has 0 aliphatic heterocycles. The molecule has 0 unspecified atom stereocenters. The summed E-state index contributed by atoms with van der Waals surface area (Å²) in [5.41, 5.74) is -0.628. The molecule has 1 saturated carbocycles. The highest BCUT2D eigenvalue weighted by Crippen LogP contribution is 2.38. The second-order valence-electron chi connectivity index (χ2n) is 4.34. The molecule has 0 radical (unpaired) electrons. The Morgan fingerprint density at radius 3 is 2.44 bits per heavy atom. The highest BCUT2D eigenvalue weighted by Gasteiger charge is 2.31. The van der Waals surface area contributed by atoms with Crippen molar-refractivity contribution in [1.29, 1.82) is 5.26 Å². The van der Waals surface area contributed by atoms with E-state index in [1.807, 2.05) is 6.07 Å². The fourth-order valence-electron chi connectivity index (χ4n) is 2.08. The number of thioether (sulfide) groups is 1. The predicted octanol–water partition coefficient (Wildman–Crippen LogP) is 4.61. The van der Waals surface area contributed by atoms with Gasteiger partial charge in [0.2, 0.25) is 0 Å². The minimum Gasteiger partial charge on any atom is -0.192 e. The van der Waals surface area contributed by atoms with Crippen molar-refractivity contribution in [2.75, 3.05) is 0 Å². The number of nitrogens with zero attached hydrogens (tertiary/aromatic N) is 1. The van der Waals surface area contributed by atoms with E-state index < -0.39 is 11.7 Å². The fourth-order valence-corrected chi connectivity index (χ4v) is 3.39. The molecule has 1 aliphatic rings. The highest BCUT2D eigenvalue weighted by molar-refractivity contribution is 8.00. The Bertz CT molecular complexity index is 470. The van der Waals surface area contributed by atoms with Crippen LogP contribution in [-0.4, -0.2) is 5.25 Å². The largest absolute Gasteiger partial charge is 0.416 e. The van der Waals surface area contributed by atoms with Gasteiger partial charge >= 0.3 is 6.18 Å². The number of hydrogen-bond donors (Lipinski definition) is 0. The Kier molecular flexibility index (Phi) is 3.86. The minimum absolute atomic E-state index is 0.127. The van der Waals surface area contributed by atoms with Gasteiger partial charge in [0.15, 0.2) is 0 Å². The molecule has 96 valence electrons. The fraction of sp³-hybridized carbons (Fsp3) is 0.462. The van der Waals surface area contributed by atoms with Crippen molar-refractivity contribution in [3.8, 4) is 6.07 Å². The van der Waals surface area contributed by atoms with E-state index in [0.29, 0.717) is 10.1 Å². The molecule has 1 aromatic rings. The lowest BCUT2D eigenvalue weighted by Crippen LogP contribution is -2.05. The maximum atomic E-state index is 12.5. The summed E-state index contributed by atoms with van der Waals surface area (Å²) in [7, 11) is 0. The quantitative estimate of drug-likeness (QED) is 0.784. The van der Waals surface area contributed by atoms with Gasteiger partial charge in [0, 0.05) is 10.1 Å². The van der Waals surface area contributed by atoms with E-state index in [0.717, 1.165) is 25.0 Å². The van der Waals surface area contributed by atoms with E-state index in [1.165, 1.54) is 30.7 Å². The molecule has 1 fully saturated rings. The van der Waals surface area contributed by atoms with Crippen LogP contribution >= 0.6 is 11.8 Å². The van der Waals surface area contributed by atoms with E-state index in [-0.39, 0.29) is 5.56 Å². The molecule has 2 rings (SSSR count). The van der Waals surface area contributed by atoms with E-state index in [9.17, 15) is 13.2 Å². The van der Waals surface area contributed by atoms with Crippen molar-refractivity contribution in [3.05, 3.63) is 29.3 Å². The first-order valence-electron chi connectivity index (χ1n) is 5.78. The molecular weight excluding hydrogens is 259 g/mol. The molecule has 0 heterocycles. The molecule has 0 spiro atoms. The van der Waals surface area contributed by atoms with Crippen molar-refractivity contribution in [1.82, 2.24) is 0 Å². The number of benzene rings is 1. The minimum atomic E-state index is -4.39. The SMILES string of the molecule is N#Cc1cc(C(F)(F)F)ccc1SC1CCCC1. The topological polar surface area (TPSA) is 23.8 Å². The van der Waals surface area contributed by atoms with Gasteiger partial charge in [-0.3, -0.25) is 0 Å². The standard InChI is InChI=1S/C13H12F3NS/c14-13(15,16)10-5-6-12(9(7-10)8-17)18-11-3-1-2-4-11/h5-7,11H,1-4H2. The van der Waals surface area contributed by atoms with Gasteiger partial charge in [-0.1, -0.05) is 12.8 Å². The molecule has 1 aromatic carbocycles. The first-order chi connectivity index (χ1) is 8.50. The Labute approximate surface area is 108 Å². The summed E-state index contributed by atoms with van der Waals surface area (Å²) in [5.74, 6) is 0. The van der Waals surface area contributed by atoms with Crippen LogP contribution in [0.1, 0.15) is 36.8 Å². The summed E-state index contributed by atoms with van der Waals surface area (Å²) in [6.07, 6.45) is 0.107. The average molecular weight is 271 g/mol. The van der Waals surface area contributed by atoms with E-state index in [1.54, 1.807) is 0 Å². The lowest BCUT2D eigenvalue weighted by molar-refractivity contribution is -0.137. The summed E-state index contributed by atoms with van der Waals surface area (Å²) in [5, 5.41) is 9.39. The molecule has 5 heteroatoms. The van der Waals surface area contributed by atoms with Gasteiger partial charge in [0.05, 0.1) is 11.1 Å². The van der Waals surface area contributed by atoms with E-state index in [4.69, 9.17) is 5.26 Å². The second kappa shape index (κ2) is 5.23. The van der Waals surface area contributed by atoms with Crippen LogP contribution in [0.25, 0.3) is 0 Å². The van der Waals surface area contributed by atoms with Gasteiger partial charge in [0.1, 0.15) is 6.07 Å². The molecule has 0 amide bonds. The molecule has 0 aromatic heterocycles. The Balaban J connectivity index is 2.23. The van der Waals surface area contributed by atoms with Crippen LogP contribution in [0.15, 0.2) is 23.1 Å². The van der Waals surface area contributed by atoms with Crippen LogP contribution < -0.4 is 0 Å². The molecule has 0 saturated heterocycles. The monoisotopic (exact) mass is 271 g/mol. The molecule has 0 N–H and O–H groups in total. The summed E-state index contributed by atoms with van der Waals surface area (Å²) in [4.78, 5) is 0.664. The number of alkyl halides is 3. The summed E-state index contributed by atoms with van der Waals surface area (Å²) in [6.45, 7) is 0. The van der Waals surface area contributed by atoms with Crippen LogP contribution in [0.4, 0.5) is 13.2 Å². The van der Waals surface area contributed by atoms with Crippen LogP contribution in [0.5, 0.6) is 0 Å². The molecular formula is C13H12F3NS. The molecule has 0 bridgehead atoms. The first kappa shape index (κ1) is 13.3. The lowest BCUT2D eigenvalue weighted by Gasteiger charge is -2.12. The summed E-state index contributed by atoms with van der Waals surface area (Å²) < 4.78 is 37.6. The molecule has 18 heavy (non-hydrogen) atoms.